The smallest absolute Gasteiger partial charge is 0.279 e. The van der Waals surface area contributed by atoms with Crippen LogP contribution in [0.3, 0.4) is 0 Å². The Morgan fingerprint density at radius 2 is 2.03 bits per heavy atom. The summed E-state index contributed by atoms with van der Waals surface area (Å²) in [5, 5.41) is 4.83. The van der Waals surface area contributed by atoms with E-state index in [9.17, 15) is 4.79 Å². The topological polar surface area (TPSA) is 87.7 Å². The van der Waals surface area contributed by atoms with Crippen molar-refractivity contribution in [1.29, 1.82) is 0 Å². The van der Waals surface area contributed by atoms with Crippen molar-refractivity contribution in [1.82, 2.24) is 29.3 Å². The summed E-state index contributed by atoms with van der Waals surface area (Å²) in [6.45, 7) is 2.28. The van der Waals surface area contributed by atoms with Crippen molar-refractivity contribution in [3.05, 3.63) is 69.0 Å². The van der Waals surface area contributed by atoms with Crippen LogP contribution in [0.1, 0.15) is 55.0 Å². The van der Waals surface area contributed by atoms with Gasteiger partial charge in [0.05, 0.1) is 18.3 Å². The van der Waals surface area contributed by atoms with Crippen LogP contribution in [-0.2, 0) is 17.2 Å². The number of ether oxygens (including phenoxy) is 1. The van der Waals surface area contributed by atoms with Crippen molar-refractivity contribution < 1.29 is 9.13 Å². The highest BCUT2D eigenvalue weighted by molar-refractivity contribution is 6.30. The monoisotopic (exact) mass is 506 g/mol. The molecule has 0 spiro atoms. The molecule has 8 nitrogen and oxygen atoms in total. The summed E-state index contributed by atoms with van der Waals surface area (Å²) in [5.74, 6) is 0.692. The summed E-state index contributed by atoms with van der Waals surface area (Å²) >= 11 is 6.01. The Hall–Kier alpha value is -3.17. The van der Waals surface area contributed by atoms with Crippen LogP contribution in [0, 0.1) is 18.7 Å². The number of rotatable bonds is 4. The van der Waals surface area contributed by atoms with Crippen LogP contribution < -0.4 is 5.56 Å². The second-order valence-electron chi connectivity index (χ2n) is 10.2. The van der Waals surface area contributed by atoms with Crippen LogP contribution in [0.2, 0.25) is 5.02 Å². The number of halogens is 2. The first kappa shape index (κ1) is 22.1. The number of nitrogens with zero attached hydrogens (tertiary/aromatic N) is 6. The number of fused-ring (bicyclic) bond motifs is 2. The fraction of sp³-hybridized carbons (Fsp3) is 0.423. The molecule has 10 heteroatoms. The van der Waals surface area contributed by atoms with Crippen LogP contribution in [0.5, 0.6) is 0 Å². The molecule has 0 amide bonds. The highest BCUT2D eigenvalue weighted by Crippen LogP contribution is 2.64. The van der Waals surface area contributed by atoms with Gasteiger partial charge in [-0.15, -0.1) is 0 Å². The molecule has 3 unspecified atom stereocenters. The predicted octanol–water partition coefficient (Wildman–Crippen LogP) is 4.44. The van der Waals surface area contributed by atoms with Gasteiger partial charge >= 0.3 is 0 Å². The summed E-state index contributed by atoms with van der Waals surface area (Å²) in [6, 6.07) is 4.94. The average Bonchev–Trinajstić information content (AvgIpc) is 3.79. The van der Waals surface area contributed by atoms with Gasteiger partial charge in [0, 0.05) is 47.3 Å². The second-order valence-corrected chi connectivity index (χ2v) is 10.7. The summed E-state index contributed by atoms with van der Waals surface area (Å²) in [7, 11) is 1.66. The van der Waals surface area contributed by atoms with Crippen LogP contribution in [-0.4, -0.2) is 35.9 Å². The first-order valence-corrected chi connectivity index (χ1v) is 12.6. The van der Waals surface area contributed by atoms with E-state index >= 15 is 4.39 Å². The molecule has 3 atom stereocenters. The van der Waals surface area contributed by atoms with Crippen molar-refractivity contribution in [3.8, 4) is 11.3 Å². The SMILES string of the molecule is Cc1nc2c(-c3ccc(Cl)cc3F)nc(C34CCOC(c5cnn(C6CC6)c5)C3C4)nc2c(=O)n1C. The van der Waals surface area contributed by atoms with Gasteiger partial charge in [-0.3, -0.25) is 14.0 Å². The van der Waals surface area contributed by atoms with Gasteiger partial charge in [0.25, 0.3) is 5.56 Å². The first-order valence-electron chi connectivity index (χ1n) is 12.2. The van der Waals surface area contributed by atoms with Crippen molar-refractivity contribution in [2.75, 3.05) is 6.61 Å². The Morgan fingerprint density at radius 1 is 1.19 bits per heavy atom. The molecule has 1 saturated heterocycles. The normalized spacial score (nSPS) is 25.2. The molecule has 184 valence electrons. The molecule has 36 heavy (non-hydrogen) atoms. The molecule has 4 aromatic rings. The van der Waals surface area contributed by atoms with Crippen molar-refractivity contribution >= 4 is 22.6 Å². The summed E-state index contributed by atoms with van der Waals surface area (Å²) in [5.41, 5.74) is 1.49. The lowest BCUT2D eigenvalue weighted by Crippen LogP contribution is -2.28. The lowest BCUT2D eigenvalue weighted by Gasteiger charge is -2.28. The summed E-state index contributed by atoms with van der Waals surface area (Å²) in [6.07, 6.45) is 7.78. The maximum Gasteiger partial charge on any atom is 0.279 e. The first-order chi connectivity index (χ1) is 17.4. The highest BCUT2D eigenvalue weighted by Gasteiger charge is 2.63. The minimum absolute atomic E-state index is 0.111. The Kier molecular flexibility index (Phi) is 4.70. The molecule has 3 aliphatic rings. The Labute approximate surface area is 211 Å². The van der Waals surface area contributed by atoms with Gasteiger partial charge in [0.15, 0.2) is 5.52 Å². The van der Waals surface area contributed by atoms with E-state index in [2.05, 4.69) is 16.3 Å². The molecule has 0 radical (unpaired) electrons. The fourth-order valence-electron chi connectivity index (χ4n) is 5.58. The number of hydrogen-bond acceptors (Lipinski definition) is 6. The lowest BCUT2D eigenvalue weighted by atomic mass is 9.91. The largest absolute Gasteiger partial charge is 0.373 e. The quantitative estimate of drug-likeness (QED) is 0.406. The Morgan fingerprint density at radius 3 is 2.81 bits per heavy atom. The van der Waals surface area contributed by atoms with Crippen molar-refractivity contribution in [3.63, 3.8) is 0 Å². The third-order valence-corrected chi connectivity index (χ3v) is 8.23. The average molecular weight is 507 g/mol. The molecule has 2 saturated carbocycles. The van der Waals surface area contributed by atoms with E-state index in [1.165, 1.54) is 10.6 Å². The molecular weight excluding hydrogens is 483 g/mol. The van der Waals surface area contributed by atoms with Gasteiger partial charge in [-0.1, -0.05) is 11.6 Å². The zero-order chi connectivity index (χ0) is 24.8. The molecule has 0 N–H and O–H groups in total. The Balaban J connectivity index is 1.38. The molecule has 1 aromatic carbocycles. The summed E-state index contributed by atoms with van der Waals surface area (Å²) < 4.78 is 24.8. The van der Waals surface area contributed by atoms with E-state index in [1.807, 2.05) is 10.9 Å². The van der Waals surface area contributed by atoms with Gasteiger partial charge < -0.3 is 4.74 Å². The maximum absolute atomic E-state index is 15.1. The third kappa shape index (κ3) is 3.25. The van der Waals surface area contributed by atoms with Crippen LogP contribution in [0.25, 0.3) is 22.3 Å². The number of hydrogen-bond donors (Lipinski definition) is 0. The van der Waals surface area contributed by atoms with Gasteiger partial charge in [-0.25, -0.2) is 19.3 Å². The van der Waals surface area contributed by atoms with Crippen LogP contribution in [0.15, 0.2) is 35.4 Å². The maximum atomic E-state index is 15.1. The van der Waals surface area contributed by atoms with E-state index in [1.54, 1.807) is 26.1 Å². The van der Waals surface area contributed by atoms with Crippen LogP contribution >= 0.6 is 11.6 Å². The number of benzene rings is 1. The molecular formula is C26H24ClFN6O2. The van der Waals surface area contributed by atoms with Crippen molar-refractivity contribution in [2.24, 2.45) is 13.0 Å². The highest BCUT2D eigenvalue weighted by atomic mass is 35.5. The molecule has 1 aliphatic heterocycles. The van der Waals surface area contributed by atoms with Gasteiger partial charge in [0.2, 0.25) is 0 Å². The zero-order valence-corrected chi connectivity index (χ0v) is 20.7. The van der Waals surface area contributed by atoms with Gasteiger partial charge in [0.1, 0.15) is 28.7 Å². The zero-order valence-electron chi connectivity index (χ0n) is 19.9. The van der Waals surface area contributed by atoms with Crippen molar-refractivity contribution in [2.45, 2.75) is 50.2 Å². The minimum Gasteiger partial charge on any atom is -0.373 e. The van der Waals surface area contributed by atoms with E-state index in [0.717, 1.165) is 31.2 Å². The van der Waals surface area contributed by atoms with E-state index in [0.29, 0.717) is 35.5 Å². The fourth-order valence-corrected chi connectivity index (χ4v) is 5.74. The molecule has 4 heterocycles. The van der Waals surface area contributed by atoms with E-state index in [4.69, 9.17) is 26.3 Å². The molecule has 3 fully saturated rings. The minimum atomic E-state index is -0.518. The predicted molar refractivity (Wildman–Crippen MR) is 131 cm³/mol. The van der Waals surface area contributed by atoms with Crippen LogP contribution in [0.4, 0.5) is 4.39 Å². The van der Waals surface area contributed by atoms with E-state index in [-0.39, 0.29) is 39.1 Å². The molecule has 3 aromatic heterocycles. The number of aryl methyl sites for hydroxylation is 1. The lowest BCUT2D eigenvalue weighted by molar-refractivity contribution is -0.00241. The Bertz CT molecular complexity index is 1610. The van der Waals surface area contributed by atoms with Gasteiger partial charge in [-0.05, 0) is 50.8 Å². The second kappa shape index (κ2) is 7.66. The summed E-state index contributed by atoms with van der Waals surface area (Å²) in [4.78, 5) is 27.5. The standard InChI is InChI=1S/C26H24ClFN6O2/c1-13-30-21-20(17-6-3-15(27)9-19(17)28)31-25(32-22(21)24(35)33(13)2)26-7-8-36-23(18(26)10-26)14-11-29-34(12-14)16-4-5-16/h3,6,9,11-12,16,18,23H,4-5,7-8,10H2,1-2H3. The third-order valence-electron chi connectivity index (χ3n) is 8.00. The van der Waals surface area contributed by atoms with E-state index < -0.39 is 5.82 Å². The molecule has 0 bridgehead atoms. The number of aromatic nitrogens is 6. The van der Waals surface area contributed by atoms with Gasteiger partial charge in [-0.2, -0.15) is 5.10 Å². The molecule has 2 aliphatic carbocycles. The molecule has 7 rings (SSSR count).